The summed E-state index contributed by atoms with van der Waals surface area (Å²) in [5, 5.41) is 2.91. The van der Waals surface area contributed by atoms with E-state index in [0.29, 0.717) is 11.3 Å². The fourth-order valence-electron chi connectivity index (χ4n) is 2.48. The average molecular weight is 341 g/mol. The summed E-state index contributed by atoms with van der Waals surface area (Å²) in [6, 6.07) is 15.8. The number of esters is 1. The molecule has 0 spiro atoms. The minimum Gasteiger partial charge on any atom is -0.496 e. The molecule has 0 radical (unpaired) electrons. The van der Waals surface area contributed by atoms with Gasteiger partial charge in [0.15, 0.2) is 0 Å². The Labute approximate surface area is 148 Å². The standard InChI is InChI=1S/C20H23NO4/c1-14(2)25-19(22)13-17(15-9-5-4-6-10-15)21-20(23)16-11-7-8-12-18(16)24-3/h4-12,14,17H,13H2,1-3H3,(H,21,23). The zero-order valence-corrected chi connectivity index (χ0v) is 14.7. The smallest absolute Gasteiger partial charge is 0.308 e. The molecule has 2 rings (SSSR count). The second-order valence-corrected chi connectivity index (χ2v) is 5.88. The van der Waals surface area contributed by atoms with Gasteiger partial charge in [-0.15, -0.1) is 0 Å². The third-order valence-corrected chi connectivity index (χ3v) is 3.60. The Kier molecular flexibility index (Phi) is 6.57. The molecule has 1 atom stereocenters. The van der Waals surface area contributed by atoms with E-state index in [1.807, 2.05) is 30.3 Å². The van der Waals surface area contributed by atoms with Gasteiger partial charge in [0.05, 0.1) is 31.2 Å². The highest BCUT2D eigenvalue weighted by Crippen LogP contribution is 2.22. The molecule has 2 aromatic carbocycles. The molecule has 5 heteroatoms. The predicted octanol–water partition coefficient (Wildman–Crippen LogP) is 3.51. The molecule has 0 aromatic heterocycles. The van der Waals surface area contributed by atoms with Crippen LogP contribution in [0, 0.1) is 0 Å². The van der Waals surface area contributed by atoms with Crippen LogP contribution in [0.15, 0.2) is 54.6 Å². The Balaban J connectivity index is 2.21. The number of carbonyl (C=O) groups is 2. The molecule has 0 heterocycles. The second kappa shape index (κ2) is 8.87. The molecule has 0 bridgehead atoms. The van der Waals surface area contributed by atoms with E-state index in [0.717, 1.165) is 5.56 Å². The monoisotopic (exact) mass is 341 g/mol. The van der Waals surface area contributed by atoms with Crippen molar-refractivity contribution in [1.29, 1.82) is 0 Å². The van der Waals surface area contributed by atoms with E-state index in [2.05, 4.69) is 5.32 Å². The number of para-hydroxylation sites is 1. The summed E-state index contributed by atoms with van der Waals surface area (Å²) in [6.45, 7) is 3.59. The fraction of sp³-hybridized carbons (Fsp3) is 0.300. The summed E-state index contributed by atoms with van der Waals surface area (Å²) < 4.78 is 10.5. The van der Waals surface area contributed by atoms with Crippen molar-refractivity contribution in [3.8, 4) is 5.75 Å². The van der Waals surface area contributed by atoms with E-state index in [4.69, 9.17) is 9.47 Å². The van der Waals surface area contributed by atoms with Crippen LogP contribution in [0.25, 0.3) is 0 Å². The fourth-order valence-corrected chi connectivity index (χ4v) is 2.48. The first-order valence-corrected chi connectivity index (χ1v) is 8.19. The van der Waals surface area contributed by atoms with Crippen LogP contribution in [0.3, 0.4) is 0 Å². The molecule has 2 aromatic rings. The van der Waals surface area contributed by atoms with Gasteiger partial charge >= 0.3 is 5.97 Å². The zero-order valence-electron chi connectivity index (χ0n) is 14.7. The Morgan fingerprint density at radius 3 is 2.28 bits per heavy atom. The maximum absolute atomic E-state index is 12.7. The average Bonchev–Trinajstić information content (AvgIpc) is 2.61. The van der Waals surface area contributed by atoms with Crippen molar-refractivity contribution in [2.45, 2.75) is 32.4 Å². The summed E-state index contributed by atoms with van der Waals surface area (Å²) >= 11 is 0. The number of rotatable bonds is 7. The number of hydrogen-bond donors (Lipinski definition) is 1. The molecule has 0 aliphatic heterocycles. The van der Waals surface area contributed by atoms with Crippen LogP contribution < -0.4 is 10.1 Å². The van der Waals surface area contributed by atoms with Gasteiger partial charge in [-0.2, -0.15) is 0 Å². The van der Waals surface area contributed by atoms with E-state index in [-0.39, 0.29) is 24.4 Å². The number of benzene rings is 2. The lowest BCUT2D eigenvalue weighted by atomic mass is 10.0. The van der Waals surface area contributed by atoms with Crippen molar-refractivity contribution in [3.63, 3.8) is 0 Å². The number of carbonyl (C=O) groups excluding carboxylic acids is 2. The van der Waals surface area contributed by atoms with E-state index in [9.17, 15) is 9.59 Å². The van der Waals surface area contributed by atoms with Crippen LogP contribution in [0.2, 0.25) is 0 Å². The largest absolute Gasteiger partial charge is 0.496 e. The molecule has 0 fully saturated rings. The Bertz CT molecular complexity index is 713. The molecule has 0 aliphatic rings. The number of hydrogen-bond acceptors (Lipinski definition) is 4. The Morgan fingerprint density at radius 1 is 1.00 bits per heavy atom. The summed E-state index contributed by atoms with van der Waals surface area (Å²) in [5.74, 6) is -0.176. The van der Waals surface area contributed by atoms with Crippen molar-refractivity contribution in [2.75, 3.05) is 7.11 Å². The summed E-state index contributed by atoms with van der Waals surface area (Å²) in [5.41, 5.74) is 1.26. The maximum Gasteiger partial charge on any atom is 0.308 e. The Hall–Kier alpha value is -2.82. The van der Waals surface area contributed by atoms with Crippen molar-refractivity contribution in [1.82, 2.24) is 5.32 Å². The molecule has 1 amide bonds. The SMILES string of the molecule is COc1ccccc1C(=O)NC(CC(=O)OC(C)C)c1ccccc1. The first kappa shape index (κ1) is 18.5. The van der Waals surface area contributed by atoms with E-state index < -0.39 is 6.04 Å². The predicted molar refractivity (Wildman–Crippen MR) is 95.5 cm³/mol. The highest BCUT2D eigenvalue weighted by atomic mass is 16.5. The molecule has 5 nitrogen and oxygen atoms in total. The number of methoxy groups -OCH3 is 1. The molecular formula is C20H23NO4. The molecule has 25 heavy (non-hydrogen) atoms. The normalized spacial score (nSPS) is 11.7. The second-order valence-electron chi connectivity index (χ2n) is 5.88. The van der Waals surface area contributed by atoms with Crippen LogP contribution in [0.5, 0.6) is 5.75 Å². The van der Waals surface area contributed by atoms with Crippen LogP contribution in [0.1, 0.15) is 42.2 Å². The van der Waals surface area contributed by atoms with Gasteiger partial charge in [-0.3, -0.25) is 9.59 Å². The summed E-state index contributed by atoms with van der Waals surface area (Å²) in [4.78, 5) is 24.7. The van der Waals surface area contributed by atoms with Crippen LogP contribution in [-0.4, -0.2) is 25.1 Å². The van der Waals surface area contributed by atoms with Crippen molar-refractivity contribution in [3.05, 3.63) is 65.7 Å². The zero-order chi connectivity index (χ0) is 18.2. The summed E-state index contributed by atoms with van der Waals surface area (Å²) in [7, 11) is 1.51. The van der Waals surface area contributed by atoms with Gasteiger partial charge in [0.25, 0.3) is 5.91 Å². The van der Waals surface area contributed by atoms with Crippen LogP contribution in [-0.2, 0) is 9.53 Å². The van der Waals surface area contributed by atoms with Gasteiger partial charge in [-0.25, -0.2) is 0 Å². The summed E-state index contributed by atoms with van der Waals surface area (Å²) in [6.07, 6.45) is -0.142. The highest BCUT2D eigenvalue weighted by Gasteiger charge is 2.22. The first-order valence-electron chi connectivity index (χ1n) is 8.19. The van der Waals surface area contributed by atoms with Gasteiger partial charge < -0.3 is 14.8 Å². The number of amides is 1. The van der Waals surface area contributed by atoms with E-state index >= 15 is 0 Å². The van der Waals surface area contributed by atoms with Gasteiger partial charge in [-0.05, 0) is 31.5 Å². The third kappa shape index (κ3) is 5.35. The highest BCUT2D eigenvalue weighted by molar-refractivity contribution is 5.97. The van der Waals surface area contributed by atoms with Crippen LogP contribution >= 0.6 is 0 Å². The molecule has 1 unspecified atom stereocenters. The number of nitrogens with one attached hydrogen (secondary N) is 1. The van der Waals surface area contributed by atoms with Crippen molar-refractivity contribution >= 4 is 11.9 Å². The lowest BCUT2D eigenvalue weighted by molar-refractivity contribution is -0.147. The third-order valence-electron chi connectivity index (χ3n) is 3.60. The van der Waals surface area contributed by atoms with Gasteiger partial charge in [-0.1, -0.05) is 42.5 Å². The molecule has 0 saturated heterocycles. The molecule has 132 valence electrons. The lowest BCUT2D eigenvalue weighted by Gasteiger charge is -2.20. The molecule has 0 aliphatic carbocycles. The van der Waals surface area contributed by atoms with Gasteiger partial charge in [0, 0.05) is 0 Å². The first-order chi connectivity index (χ1) is 12.0. The van der Waals surface area contributed by atoms with Gasteiger partial charge in [0.2, 0.25) is 0 Å². The number of ether oxygens (including phenoxy) is 2. The minimum atomic E-state index is -0.482. The molecule has 1 N–H and O–H groups in total. The maximum atomic E-state index is 12.7. The van der Waals surface area contributed by atoms with Crippen molar-refractivity contribution in [2.24, 2.45) is 0 Å². The molecule has 0 saturated carbocycles. The molecular weight excluding hydrogens is 318 g/mol. The van der Waals surface area contributed by atoms with Gasteiger partial charge in [0.1, 0.15) is 5.75 Å². The van der Waals surface area contributed by atoms with E-state index in [1.165, 1.54) is 7.11 Å². The lowest BCUT2D eigenvalue weighted by Crippen LogP contribution is -2.31. The minimum absolute atomic E-state index is 0.0586. The van der Waals surface area contributed by atoms with E-state index in [1.54, 1.807) is 38.1 Å². The topological polar surface area (TPSA) is 64.6 Å². The van der Waals surface area contributed by atoms with Crippen molar-refractivity contribution < 1.29 is 19.1 Å². The Morgan fingerprint density at radius 2 is 1.64 bits per heavy atom. The van der Waals surface area contributed by atoms with Crippen LogP contribution in [0.4, 0.5) is 0 Å². The quantitative estimate of drug-likeness (QED) is 0.783.